The number of rotatable bonds is 2. The summed E-state index contributed by atoms with van der Waals surface area (Å²) in [6.07, 6.45) is 1.42. The summed E-state index contributed by atoms with van der Waals surface area (Å²) in [5.74, 6) is -1.26. The van der Waals surface area contributed by atoms with Crippen molar-refractivity contribution in [3.63, 3.8) is 0 Å². The highest BCUT2D eigenvalue weighted by Gasteiger charge is 2.13. The lowest BCUT2D eigenvalue weighted by Crippen LogP contribution is -2.04. The molecule has 0 aliphatic heterocycles. The first-order chi connectivity index (χ1) is 7.63. The van der Waals surface area contributed by atoms with Gasteiger partial charge >= 0.3 is 0 Å². The van der Waals surface area contributed by atoms with Crippen molar-refractivity contribution in [2.45, 2.75) is 5.88 Å². The molecule has 0 saturated heterocycles. The number of benzene rings is 1. The van der Waals surface area contributed by atoms with Crippen molar-refractivity contribution in [1.82, 2.24) is 15.0 Å². The van der Waals surface area contributed by atoms with Crippen molar-refractivity contribution in [2.75, 3.05) is 0 Å². The fourth-order valence-corrected chi connectivity index (χ4v) is 1.74. The van der Waals surface area contributed by atoms with E-state index in [-0.39, 0.29) is 16.0 Å². The Morgan fingerprint density at radius 1 is 1.31 bits per heavy atom. The molecule has 0 fully saturated rings. The average molecular weight is 309 g/mol. The van der Waals surface area contributed by atoms with Gasteiger partial charge in [-0.3, -0.25) is 0 Å². The van der Waals surface area contributed by atoms with Crippen molar-refractivity contribution in [3.05, 3.63) is 40.1 Å². The lowest BCUT2D eigenvalue weighted by molar-refractivity contribution is 0.566. The molecular formula is C9H5BrClF2N3. The van der Waals surface area contributed by atoms with E-state index in [9.17, 15) is 8.78 Å². The van der Waals surface area contributed by atoms with Gasteiger partial charge in [0.15, 0.2) is 5.82 Å². The van der Waals surface area contributed by atoms with Gasteiger partial charge in [-0.15, -0.1) is 16.7 Å². The molecule has 0 spiro atoms. The second-order valence-electron chi connectivity index (χ2n) is 2.99. The Hall–Kier alpha value is -1.01. The van der Waals surface area contributed by atoms with Gasteiger partial charge in [-0.25, -0.2) is 13.5 Å². The molecule has 16 heavy (non-hydrogen) atoms. The van der Waals surface area contributed by atoms with Crippen LogP contribution in [0.1, 0.15) is 5.69 Å². The van der Waals surface area contributed by atoms with E-state index in [2.05, 4.69) is 26.2 Å². The van der Waals surface area contributed by atoms with E-state index >= 15 is 0 Å². The Morgan fingerprint density at radius 3 is 2.75 bits per heavy atom. The van der Waals surface area contributed by atoms with Gasteiger partial charge in [-0.2, -0.15) is 0 Å². The third kappa shape index (κ3) is 1.94. The molecule has 0 bridgehead atoms. The number of halogens is 4. The minimum Gasteiger partial charge on any atom is -0.213 e. The number of nitrogens with zero attached hydrogens (tertiary/aromatic N) is 3. The third-order valence-electron chi connectivity index (χ3n) is 1.97. The van der Waals surface area contributed by atoms with E-state index in [0.29, 0.717) is 5.69 Å². The molecule has 2 rings (SSSR count). The van der Waals surface area contributed by atoms with Gasteiger partial charge in [-0.05, 0) is 22.0 Å². The summed E-state index contributed by atoms with van der Waals surface area (Å²) in [4.78, 5) is 0. The van der Waals surface area contributed by atoms with Crippen LogP contribution in [0.2, 0.25) is 0 Å². The zero-order valence-corrected chi connectivity index (χ0v) is 10.1. The molecule has 0 unspecified atom stereocenters. The maximum Gasteiger partial charge on any atom is 0.151 e. The fourth-order valence-electron chi connectivity index (χ4n) is 1.22. The number of alkyl halides is 1. The Balaban J connectivity index is 2.60. The van der Waals surface area contributed by atoms with E-state index in [4.69, 9.17) is 11.6 Å². The van der Waals surface area contributed by atoms with Crippen LogP contribution in [0.4, 0.5) is 8.78 Å². The minimum atomic E-state index is -0.724. The zero-order valence-electron chi connectivity index (χ0n) is 7.79. The highest BCUT2D eigenvalue weighted by Crippen LogP contribution is 2.23. The van der Waals surface area contributed by atoms with Gasteiger partial charge in [0.1, 0.15) is 11.5 Å². The second-order valence-corrected chi connectivity index (χ2v) is 4.11. The van der Waals surface area contributed by atoms with Crippen LogP contribution in [0.25, 0.3) is 5.69 Å². The summed E-state index contributed by atoms with van der Waals surface area (Å²) in [6.45, 7) is 0. The van der Waals surface area contributed by atoms with Crippen LogP contribution in [-0.4, -0.2) is 15.0 Å². The van der Waals surface area contributed by atoms with Gasteiger partial charge < -0.3 is 0 Å². The van der Waals surface area contributed by atoms with Gasteiger partial charge in [0.25, 0.3) is 0 Å². The lowest BCUT2D eigenvalue weighted by atomic mass is 10.3. The van der Waals surface area contributed by atoms with Crippen LogP contribution in [0.15, 0.2) is 22.8 Å². The predicted octanol–water partition coefficient (Wildman–Crippen LogP) is 3.05. The largest absolute Gasteiger partial charge is 0.213 e. The summed E-state index contributed by atoms with van der Waals surface area (Å²) in [6, 6.07) is 2.06. The quantitative estimate of drug-likeness (QED) is 0.630. The maximum atomic E-state index is 13.5. The average Bonchev–Trinajstić information content (AvgIpc) is 2.71. The first-order valence-corrected chi connectivity index (χ1v) is 5.56. The van der Waals surface area contributed by atoms with Gasteiger partial charge in [0.05, 0.1) is 22.2 Å². The molecule has 1 aromatic carbocycles. The van der Waals surface area contributed by atoms with Gasteiger partial charge in [-0.1, -0.05) is 5.21 Å². The topological polar surface area (TPSA) is 30.7 Å². The predicted molar refractivity (Wildman–Crippen MR) is 58.5 cm³/mol. The van der Waals surface area contributed by atoms with Crippen molar-refractivity contribution in [3.8, 4) is 5.69 Å². The van der Waals surface area contributed by atoms with Crippen molar-refractivity contribution >= 4 is 27.5 Å². The number of aromatic nitrogens is 3. The Morgan fingerprint density at radius 2 is 2.06 bits per heavy atom. The van der Waals surface area contributed by atoms with E-state index in [1.807, 2.05) is 0 Å². The molecule has 0 aliphatic carbocycles. The Labute approximate surface area is 103 Å². The monoisotopic (exact) mass is 307 g/mol. The molecule has 0 saturated carbocycles. The number of hydrogen-bond acceptors (Lipinski definition) is 2. The van der Waals surface area contributed by atoms with E-state index in [1.54, 1.807) is 0 Å². The fraction of sp³-hybridized carbons (Fsp3) is 0.111. The summed E-state index contributed by atoms with van der Waals surface area (Å²) in [5, 5.41) is 7.30. The molecule has 7 heteroatoms. The van der Waals surface area contributed by atoms with Gasteiger partial charge in [0, 0.05) is 6.07 Å². The van der Waals surface area contributed by atoms with Gasteiger partial charge in [0.2, 0.25) is 0 Å². The molecule has 3 nitrogen and oxygen atoms in total. The second kappa shape index (κ2) is 4.47. The molecule has 2 aromatic rings. The van der Waals surface area contributed by atoms with E-state index in [0.717, 1.165) is 6.07 Å². The molecule has 0 aliphatic rings. The highest BCUT2D eigenvalue weighted by atomic mass is 79.9. The molecule has 0 N–H and O–H groups in total. The molecule has 0 radical (unpaired) electrons. The molecule has 1 aromatic heterocycles. The minimum absolute atomic E-state index is 0.0985. The van der Waals surface area contributed by atoms with Crippen molar-refractivity contribution in [2.24, 2.45) is 0 Å². The van der Waals surface area contributed by atoms with Crippen LogP contribution in [0, 0.1) is 11.6 Å². The summed E-state index contributed by atoms with van der Waals surface area (Å²) in [5.41, 5.74) is 0.625. The Kier molecular flexibility index (Phi) is 3.20. The molecule has 1 heterocycles. The van der Waals surface area contributed by atoms with E-state index < -0.39 is 11.6 Å². The van der Waals surface area contributed by atoms with Crippen LogP contribution in [0.3, 0.4) is 0 Å². The summed E-state index contributed by atoms with van der Waals surface area (Å²) in [7, 11) is 0. The summed E-state index contributed by atoms with van der Waals surface area (Å²) >= 11 is 8.61. The third-order valence-corrected chi connectivity index (χ3v) is 2.86. The zero-order chi connectivity index (χ0) is 11.7. The maximum absolute atomic E-state index is 13.5. The molecule has 0 amide bonds. The smallest absolute Gasteiger partial charge is 0.151 e. The van der Waals surface area contributed by atoms with Crippen molar-refractivity contribution in [1.29, 1.82) is 0 Å². The SMILES string of the molecule is Fc1cc(F)c(-n2nncc2CCl)cc1Br. The highest BCUT2D eigenvalue weighted by molar-refractivity contribution is 9.10. The first-order valence-electron chi connectivity index (χ1n) is 4.24. The van der Waals surface area contributed by atoms with Crippen LogP contribution >= 0.6 is 27.5 Å². The summed E-state index contributed by atoms with van der Waals surface area (Å²) < 4.78 is 27.9. The lowest BCUT2D eigenvalue weighted by Gasteiger charge is -2.06. The molecule has 0 atom stereocenters. The Bertz CT molecular complexity index is 529. The molecular weight excluding hydrogens is 303 g/mol. The van der Waals surface area contributed by atoms with E-state index in [1.165, 1.54) is 16.9 Å². The standard InChI is InChI=1S/C9H5BrClF2N3/c10-6-1-9(8(13)2-7(6)12)16-5(3-11)4-14-15-16/h1-2,4H,3H2. The van der Waals surface area contributed by atoms with Crippen molar-refractivity contribution < 1.29 is 8.78 Å². The first kappa shape index (κ1) is 11.5. The molecule has 84 valence electrons. The normalized spacial score (nSPS) is 10.8. The van der Waals surface area contributed by atoms with Crippen LogP contribution < -0.4 is 0 Å². The van der Waals surface area contributed by atoms with Crippen LogP contribution in [-0.2, 0) is 5.88 Å². The number of hydrogen-bond donors (Lipinski definition) is 0. The van der Waals surface area contributed by atoms with Crippen LogP contribution in [0.5, 0.6) is 0 Å².